The summed E-state index contributed by atoms with van der Waals surface area (Å²) in [6.07, 6.45) is 1.16. The van der Waals surface area contributed by atoms with E-state index in [0.717, 1.165) is 31.7 Å². The number of hydrogen-bond acceptors (Lipinski definition) is 4. The van der Waals surface area contributed by atoms with Crippen LogP contribution < -0.4 is 5.73 Å². The molecule has 0 unspecified atom stereocenters. The molecule has 0 atom stereocenters. The molecule has 3 N–H and O–H groups in total. The van der Waals surface area contributed by atoms with Crippen molar-refractivity contribution in [1.29, 1.82) is 0 Å². The lowest BCUT2D eigenvalue weighted by atomic mass is 10.1. The van der Waals surface area contributed by atoms with Crippen LogP contribution >= 0.6 is 11.6 Å². The number of nitrogen functional groups attached to an aromatic ring is 1. The van der Waals surface area contributed by atoms with E-state index in [9.17, 15) is 4.79 Å². The second kappa shape index (κ2) is 7.64. The normalized spacial score (nSPS) is 16.2. The molecule has 0 spiro atoms. The lowest BCUT2D eigenvalue weighted by Crippen LogP contribution is -2.49. The zero-order valence-electron chi connectivity index (χ0n) is 12.1. The minimum atomic E-state index is 0.173. The quantitative estimate of drug-likeness (QED) is 0.796. The van der Waals surface area contributed by atoms with Crippen molar-refractivity contribution in [2.45, 2.75) is 12.8 Å². The highest BCUT2D eigenvalue weighted by Gasteiger charge is 2.20. The molecule has 1 fully saturated rings. The van der Waals surface area contributed by atoms with Gasteiger partial charge in [-0.2, -0.15) is 0 Å². The van der Waals surface area contributed by atoms with Gasteiger partial charge in [0.05, 0.1) is 17.3 Å². The number of carbonyl (C=O) groups excluding carboxylic acids is 1. The summed E-state index contributed by atoms with van der Waals surface area (Å²) in [6, 6.07) is 5.50. The molecular weight excluding hydrogens is 290 g/mol. The van der Waals surface area contributed by atoms with Gasteiger partial charge in [-0.25, -0.2) is 0 Å². The van der Waals surface area contributed by atoms with Crippen molar-refractivity contribution in [1.82, 2.24) is 9.80 Å². The Morgan fingerprint density at radius 3 is 2.62 bits per heavy atom. The fourth-order valence-electron chi connectivity index (χ4n) is 2.52. The Hall–Kier alpha value is -1.30. The Kier molecular flexibility index (Phi) is 5.85. The molecule has 0 radical (unpaired) electrons. The van der Waals surface area contributed by atoms with Crippen LogP contribution in [0, 0.1) is 0 Å². The van der Waals surface area contributed by atoms with Crippen molar-refractivity contribution in [3.05, 3.63) is 28.8 Å². The maximum atomic E-state index is 12.2. The van der Waals surface area contributed by atoms with Crippen molar-refractivity contribution in [2.75, 3.05) is 45.1 Å². The van der Waals surface area contributed by atoms with Crippen LogP contribution in [0.3, 0.4) is 0 Å². The summed E-state index contributed by atoms with van der Waals surface area (Å²) in [5, 5.41) is 9.45. The topological polar surface area (TPSA) is 69.8 Å². The summed E-state index contributed by atoms with van der Waals surface area (Å²) in [5.41, 5.74) is 7.35. The van der Waals surface area contributed by atoms with Crippen LogP contribution in [0.4, 0.5) is 5.69 Å². The summed E-state index contributed by atoms with van der Waals surface area (Å²) in [6.45, 7) is 4.00. The third-order valence-electron chi connectivity index (χ3n) is 3.83. The molecule has 1 heterocycles. The first-order chi connectivity index (χ1) is 10.1. The Balaban J connectivity index is 1.78. The summed E-state index contributed by atoms with van der Waals surface area (Å²) in [7, 11) is 0. The van der Waals surface area contributed by atoms with E-state index in [1.54, 1.807) is 6.07 Å². The number of rotatable bonds is 5. The first-order valence-electron chi connectivity index (χ1n) is 7.25. The number of hydrogen-bond donors (Lipinski definition) is 2. The number of aliphatic hydroxyl groups excluding tert-OH is 1. The third-order valence-corrected chi connectivity index (χ3v) is 4.17. The molecule has 2 rings (SSSR count). The first-order valence-corrected chi connectivity index (χ1v) is 7.63. The van der Waals surface area contributed by atoms with E-state index < -0.39 is 0 Å². The van der Waals surface area contributed by atoms with Crippen molar-refractivity contribution in [3.8, 4) is 0 Å². The van der Waals surface area contributed by atoms with E-state index in [1.165, 1.54) is 0 Å². The molecule has 5 nitrogen and oxygen atoms in total. The SMILES string of the molecule is Nc1cc(CCC(=O)N2CCN(CCO)CC2)ccc1Cl. The Bertz CT molecular complexity index is 488. The fraction of sp³-hybridized carbons (Fsp3) is 0.533. The summed E-state index contributed by atoms with van der Waals surface area (Å²) < 4.78 is 0. The largest absolute Gasteiger partial charge is 0.398 e. The number of amides is 1. The summed E-state index contributed by atoms with van der Waals surface area (Å²) in [5.74, 6) is 0.173. The maximum absolute atomic E-state index is 12.2. The van der Waals surface area contributed by atoms with E-state index in [2.05, 4.69) is 4.90 Å². The highest BCUT2D eigenvalue weighted by atomic mass is 35.5. The number of nitrogens with zero attached hydrogens (tertiary/aromatic N) is 2. The van der Waals surface area contributed by atoms with Crippen molar-refractivity contribution in [2.24, 2.45) is 0 Å². The minimum absolute atomic E-state index is 0.173. The van der Waals surface area contributed by atoms with E-state index in [1.807, 2.05) is 17.0 Å². The van der Waals surface area contributed by atoms with Gasteiger partial charge in [-0.1, -0.05) is 17.7 Å². The second-order valence-electron chi connectivity index (χ2n) is 5.30. The van der Waals surface area contributed by atoms with Gasteiger partial charge in [0.2, 0.25) is 5.91 Å². The lowest BCUT2D eigenvalue weighted by molar-refractivity contribution is -0.132. The number of aryl methyl sites for hydroxylation is 1. The van der Waals surface area contributed by atoms with Gasteiger partial charge in [-0.15, -0.1) is 0 Å². The van der Waals surface area contributed by atoms with Gasteiger partial charge in [0.25, 0.3) is 0 Å². The molecule has 1 aliphatic rings. The molecule has 0 saturated carbocycles. The van der Waals surface area contributed by atoms with Gasteiger partial charge in [0, 0.05) is 39.1 Å². The van der Waals surface area contributed by atoms with Crippen LogP contribution in [0.25, 0.3) is 0 Å². The highest BCUT2D eigenvalue weighted by Crippen LogP contribution is 2.20. The second-order valence-corrected chi connectivity index (χ2v) is 5.71. The van der Waals surface area contributed by atoms with E-state index in [4.69, 9.17) is 22.4 Å². The lowest BCUT2D eigenvalue weighted by Gasteiger charge is -2.34. The van der Waals surface area contributed by atoms with Crippen molar-refractivity contribution < 1.29 is 9.90 Å². The van der Waals surface area contributed by atoms with Gasteiger partial charge in [0.1, 0.15) is 0 Å². The van der Waals surface area contributed by atoms with Crippen LogP contribution in [0.1, 0.15) is 12.0 Å². The van der Waals surface area contributed by atoms with Crippen LogP contribution in [0.5, 0.6) is 0 Å². The molecule has 6 heteroatoms. The number of piperazine rings is 1. The van der Waals surface area contributed by atoms with Crippen LogP contribution in [-0.4, -0.2) is 60.1 Å². The van der Waals surface area contributed by atoms with Gasteiger partial charge in [-0.05, 0) is 24.1 Å². The monoisotopic (exact) mass is 311 g/mol. The number of anilines is 1. The fourth-order valence-corrected chi connectivity index (χ4v) is 2.64. The molecule has 116 valence electrons. The molecule has 0 aromatic heterocycles. The van der Waals surface area contributed by atoms with E-state index >= 15 is 0 Å². The zero-order valence-corrected chi connectivity index (χ0v) is 12.9. The summed E-state index contributed by atoms with van der Waals surface area (Å²) >= 11 is 5.88. The Labute approximate surface area is 130 Å². The van der Waals surface area contributed by atoms with Crippen LogP contribution in [-0.2, 0) is 11.2 Å². The molecule has 21 heavy (non-hydrogen) atoms. The molecule has 1 aliphatic heterocycles. The van der Waals surface area contributed by atoms with Gasteiger partial charge in [0.15, 0.2) is 0 Å². The standard InChI is InChI=1S/C15H22ClN3O2/c16-13-3-1-12(11-14(13)17)2-4-15(21)19-7-5-18(6-8-19)9-10-20/h1,3,11,20H,2,4-10,17H2. The molecule has 1 aromatic rings. The van der Waals surface area contributed by atoms with Crippen molar-refractivity contribution in [3.63, 3.8) is 0 Å². The molecular formula is C15H22ClN3O2. The minimum Gasteiger partial charge on any atom is -0.398 e. The van der Waals surface area contributed by atoms with Crippen LogP contribution in [0.15, 0.2) is 18.2 Å². The number of nitrogens with two attached hydrogens (primary N) is 1. The Morgan fingerprint density at radius 2 is 2.00 bits per heavy atom. The smallest absolute Gasteiger partial charge is 0.222 e. The highest BCUT2D eigenvalue weighted by molar-refractivity contribution is 6.33. The van der Waals surface area contributed by atoms with Crippen molar-refractivity contribution >= 4 is 23.2 Å². The van der Waals surface area contributed by atoms with E-state index in [-0.39, 0.29) is 12.5 Å². The van der Waals surface area contributed by atoms with Crippen LogP contribution in [0.2, 0.25) is 5.02 Å². The third kappa shape index (κ3) is 4.59. The molecule has 1 saturated heterocycles. The number of carbonyl (C=O) groups is 1. The Morgan fingerprint density at radius 1 is 1.29 bits per heavy atom. The summed E-state index contributed by atoms with van der Waals surface area (Å²) in [4.78, 5) is 16.3. The average Bonchev–Trinajstić information content (AvgIpc) is 2.49. The average molecular weight is 312 g/mol. The molecule has 1 aromatic carbocycles. The number of benzene rings is 1. The van der Waals surface area contributed by atoms with Gasteiger partial charge >= 0.3 is 0 Å². The first kappa shape index (κ1) is 16.1. The number of β-amino-alcohol motifs (C(OH)–C–C–N with tert-alkyl or cyclic N) is 1. The molecule has 0 bridgehead atoms. The predicted octanol–water partition coefficient (Wildman–Crippen LogP) is 0.991. The van der Waals surface area contributed by atoms with Gasteiger partial charge in [-0.3, -0.25) is 9.69 Å². The zero-order chi connectivity index (χ0) is 15.2. The number of halogens is 1. The van der Waals surface area contributed by atoms with E-state index in [0.29, 0.717) is 30.1 Å². The number of aliphatic hydroxyl groups is 1. The predicted molar refractivity (Wildman–Crippen MR) is 84.3 cm³/mol. The maximum Gasteiger partial charge on any atom is 0.222 e. The molecule has 0 aliphatic carbocycles. The molecule has 1 amide bonds. The van der Waals surface area contributed by atoms with Gasteiger partial charge < -0.3 is 15.7 Å².